The van der Waals surface area contributed by atoms with Crippen molar-refractivity contribution in [3.8, 4) is 6.07 Å². The molecule has 3 atom stereocenters. The molecule has 1 aromatic carbocycles. The SMILES string of the molecule is CCOC(=O)[C@@]1(C#N)[C@@H](c2ccc(Br)cc2)[C@@H]1S(=O)(=O)CC. The topological polar surface area (TPSA) is 84.2 Å². The summed E-state index contributed by atoms with van der Waals surface area (Å²) in [5.41, 5.74) is -0.988. The van der Waals surface area contributed by atoms with E-state index in [9.17, 15) is 18.5 Å². The number of nitrogens with zero attached hydrogens (tertiary/aromatic N) is 1. The number of nitriles is 1. The number of carbonyl (C=O) groups is 1. The Morgan fingerprint density at radius 3 is 2.41 bits per heavy atom. The van der Waals surface area contributed by atoms with Crippen molar-refractivity contribution in [2.45, 2.75) is 25.0 Å². The molecule has 0 amide bonds. The highest BCUT2D eigenvalue weighted by atomic mass is 79.9. The second-order valence-corrected chi connectivity index (χ2v) is 8.43. The first-order valence-corrected chi connectivity index (χ1v) is 9.41. The summed E-state index contributed by atoms with van der Waals surface area (Å²) < 4.78 is 30.5. The molecule has 0 bridgehead atoms. The lowest BCUT2D eigenvalue weighted by Crippen LogP contribution is -2.26. The normalized spacial score (nSPS) is 27.0. The van der Waals surface area contributed by atoms with Crippen LogP contribution in [0.3, 0.4) is 0 Å². The number of benzene rings is 1. The van der Waals surface area contributed by atoms with Crippen molar-refractivity contribution in [2.24, 2.45) is 5.41 Å². The van der Waals surface area contributed by atoms with Gasteiger partial charge in [0.05, 0.1) is 12.7 Å². The summed E-state index contributed by atoms with van der Waals surface area (Å²) in [7, 11) is -3.55. The summed E-state index contributed by atoms with van der Waals surface area (Å²) in [6, 6.07) is 8.90. The third-order valence-corrected chi connectivity index (χ3v) is 6.70. The smallest absolute Gasteiger partial charge is 0.328 e. The van der Waals surface area contributed by atoms with E-state index in [0.29, 0.717) is 5.56 Å². The molecule has 5 nitrogen and oxygen atoms in total. The maximum atomic E-state index is 12.3. The van der Waals surface area contributed by atoms with Gasteiger partial charge in [0.25, 0.3) is 0 Å². The molecule has 0 aromatic heterocycles. The van der Waals surface area contributed by atoms with Crippen molar-refractivity contribution in [1.29, 1.82) is 5.26 Å². The van der Waals surface area contributed by atoms with Crippen LogP contribution in [0.4, 0.5) is 0 Å². The second kappa shape index (κ2) is 6.01. The van der Waals surface area contributed by atoms with Crippen LogP contribution in [0.15, 0.2) is 28.7 Å². The van der Waals surface area contributed by atoms with E-state index in [1.807, 2.05) is 6.07 Å². The maximum Gasteiger partial charge on any atom is 0.328 e. The third-order valence-electron chi connectivity index (χ3n) is 3.95. The van der Waals surface area contributed by atoms with Gasteiger partial charge in [-0.15, -0.1) is 0 Å². The van der Waals surface area contributed by atoms with Crippen molar-refractivity contribution in [3.05, 3.63) is 34.3 Å². The molecular weight excluding hydrogens is 370 g/mol. The minimum Gasteiger partial charge on any atom is -0.465 e. The van der Waals surface area contributed by atoms with Gasteiger partial charge >= 0.3 is 5.97 Å². The molecule has 1 aromatic rings. The van der Waals surface area contributed by atoms with E-state index >= 15 is 0 Å². The van der Waals surface area contributed by atoms with Crippen molar-refractivity contribution in [2.75, 3.05) is 12.4 Å². The van der Waals surface area contributed by atoms with Crippen LogP contribution in [0.2, 0.25) is 0 Å². The molecule has 2 rings (SSSR count). The van der Waals surface area contributed by atoms with E-state index in [4.69, 9.17) is 4.74 Å². The Hall–Kier alpha value is -1.39. The molecule has 0 radical (unpaired) electrons. The van der Waals surface area contributed by atoms with Crippen molar-refractivity contribution in [1.82, 2.24) is 0 Å². The Balaban J connectivity index is 2.52. The van der Waals surface area contributed by atoms with Gasteiger partial charge in [-0.05, 0) is 24.6 Å². The van der Waals surface area contributed by atoms with Gasteiger partial charge in [0.2, 0.25) is 0 Å². The summed E-state index contributed by atoms with van der Waals surface area (Å²) >= 11 is 3.31. The standard InChI is InChI=1S/C15H16BrNO4S/c1-3-21-14(18)15(9-17)12(13(15)22(19,20)4-2)10-5-7-11(16)8-6-10/h5-8,12-13H,3-4H2,1-2H3/t12-,13-,15-/m0/s1. The van der Waals surface area contributed by atoms with Gasteiger partial charge in [-0.3, -0.25) is 4.79 Å². The first-order chi connectivity index (χ1) is 10.3. The van der Waals surface area contributed by atoms with Crippen LogP contribution >= 0.6 is 15.9 Å². The highest BCUT2D eigenvalue weighted by Gasteiger charge is 2.77. The van der Waals surface area contributed by atoms with Crippen molar-refractivity contribution in [3.63, 3.8) is 0 Å². The van der Waals surface area contributed by atoms with Crippen molar-refractivity contribution < 1.29 is 17.9 Å². The van der Waals surface area contributed by atoms with Crippen LogP contribution in [0.25, 0.3) is 0 Å². The second-order valence-electron chi connectivity index (χ2n) is 5.10. The predicted molar refractivity (Wildman–Crippen MR) is 84.8 cm³/mol. The fourth-order valence-corrected chi connectivity index (χ4v) is 5.00. The van der Waals surface area contributed by atoms with E-state index in [-0.39, 0.29) is 12.4 Å². The molecule has 1 fully saturated rings. The number of ether oxygens (including phenoxy) is 1. The third kappa shape index (κ3) is 2.55. The summed E-state index contributed by atoms with van der Waals surface area (Å²) in [6.45, 7) is 3.25. The fourth-order valence-electron chi connectivity index (χ4n) is 2.81. The Bertz CT molecular complexity index is 723. The lowest BCUT2D eigenvalue weighted by molar-refractivity contribution is -0.147. The number of halogens is 1. The highest BCUT2D eigenvalue weighted by molar-refractivity contribution is 9.10. The first kappa shape index (κ1) is 17.0. The van der Waals surface area contributed by atoms with Gasteiger partial charge in [0.1, 0.15) is 5.25 Å². The summed E-state index contributed by atoms with van der Waals surface area (Å²) in [5, 5.41) is 8.50. The summed E-state index contributed by atoms with van der Waals surface area (Å²) in [5.74, 6) is -1.56. The van der Waals surface area contributed by atoms with E-state index in [1.54, 1.807) is 31.2 Å². The number of hydrogen-bond donors (Lipinski definition) is 0. The Kier molecular flexibility index (Phi) is 4.64. The van der Waals surface area contributed by atoms with Gasteiger partial charge < -0.3 is 4.74 Å². The molecule has 0 aliphatic heterocycles. The molecule has 0 spiro atoms. The Morgan fingerprint density at radius 2 is 1.95 bits per heavy atom. The molecule has 0 unspecified atom stereocenters. The van der Waals surface area contributed by atoms with Gasteiger partial charge in [-0.2, -0.15) is 5.26 Å². The van der Waals surface area contributed by atoms with Gasteiger partial charge in [0.15, 0.2) is 15.3 Å². The minimum atomic E-state index is -3.55. The molecular formula is C15H16BrNO4S. The Labute approximate surface area is 138 Å². The molecule has 7 heteroatoms. The van der Waals surface area contributed by atoms with E-state index in [2.05, 4.69) is 15.9 Å². The van der Waals surface area contributed by atoms with E-state index in [1.165, 1.54) is 6.92 Å². The molecule has 0 saturated heterocycles. The zero-order valence-corrected chi connectivity index (χ0v) is 14.6. The molecule has 1 saturated carbocycles. The van der Waals surface area contributed by atoms with Crippen LogP contribution < -0.4 is 0 Å². The quantitative estimate of drug-likeness (QED) is 0.726. The average molecular weight is 386 g/mol. The number of rotatable bonds is 5. The predicted octanol–water partition coefficient (Wildman–Crippen LogP) is 2.42. The maximum absolute atomic E-state index is 12.3. The summed E-state index contributed by atoms with van der Waals surface area (Å²) in [4.78, 5) is 12.3. The van der Waals surface area contributed by atoms with Crippen LogP contribution in [-0.2, 0) is 19.4 Å². The van der Waals surface area contributed by atoms with Crippen LogP contribution in [0.1, 0.15) is 25.3 Å². The largest absolute Gasteiger partial charge is 0.465 e. The molecule has 118 valence electrons. The monoisotopic (exact) mass is 385 g/mol. The minimum absolute atomic E-state index is 0.105. The Morgan fingerprint density at radius 1 is 1.36 bits per heavy atom. The van der Waals surface area contributed by atoms with Crippen LogP contribution in [-0.4, -0.2) is 32.0 Å². The number of sulfone groups is 1. The van der Waals surface area contributed by atoms with Gasteiger partial charge in [-0.25, -0.2) is 8.42 Å². The fraction of sp³-hybridized carbons (Fsp3) is 0.467. The average Bonchev–Trinajstić information content (AvgIpc) is 3.20. The zero-order valence-electron chi connectivity index (χ0n) is 12.2. The zero-order chi connectivity index (χ0) is 16.5. The van der Waals surface area contributed by atoms with Gasteiger partial charge in [-0.1, -0.05) is 35.0 Å². The number of hydrogen-bond acceptors (Lipinski definition) is 5. The summed E-state index contributed by atoms with van der Waals surface area (Å²) in [6.07, 6.45) is 0. The number of esters is 1. The van der Waals surface area contributed by atoms with E-state index < -0.39 is 32.4 Å². The molecule has 0 N–H and O–H groups in total. The first-order valence-electron chi connectivity index (χ1n) is 6.90. The van der Waals surface area contributed by atoms with Crippen LogP contribution in [0.5, 0.6) is 0 Å². The molecule has 1 aliphatic carbocycles. The van der Waals surface area contributed by atoms with Crippen molar-refractivity contribution >= 4 is 31.7 Å². The molecule has 0 heterocycles. The lowest BCUT2D eigenvalue weighted by Gasteiger charge is -2.08. The number of carbonyl (C=O) groups excluding carboxylic acids is 1. The highest BCUT2D eigenvalue weighted by Crippen LogP contribution is 2.63. The van der Waals surface area contributed by atoms with Crippen LogP contribution in [0, 0.1) is 16.7 Å². The molecule has 1 aliphatic rings. The molecule has 22 heavy (non-hydrogen) atoms. The van der Waals surface area contributed by atoms with E-state index in [0.717, 1.165) is 4.47 Å². The van der Waals surface area contributed by atoms with Gasteiger partial charge in [0, 0.05) is 16.1 Å². The lowest BCUT2D eigenvalue weighted by atomic mass is 10.0.